The molecule has 0 fully saturated rings. The van der Waals surface area contributed by atoms with Gasteiger partial charge in [0.25, 0.3) is 5.69 Å². The fourth-order valence-corrected chi connectivity index (χ4v) is 3.38. The van der Waals surface area contributed by atoms with Crippen LogP contribution in [0.2, 0.25) is 0 Å². The molecule has 0 radical (unpaired) electrons. The zero-order valence-corrected chi connectivity index (χ0v) is 15.4. The first-order chi connectivity index (χ1) is 13.1. The number of anilines is 1. The number of amides is 1. The summed E-state index contributed by atoms with van der Waals surface area (Å²) in [6.45, 7) is 1.20. The van der Waals surface area contributed by atoms with Crippen molar-refractivity contribution < 1.29 is 14.1 Å². The number of benzene rings is 1. The number of thiophene rings is 1. The molecule has 27 heavy (non-hydrogen) atoms. The molecule has 0 aliphatic heterocycles. The molecule has 0 aliphatic rings. The van der Waals surface area contributed by atoms with E-state index in [0.717, 1.165) is 4.88 Å². The second-order valence-electron chi connectivity index (χ2n) is 5.86. The summed E-state index contributed by atoms with van der Waals surface area (Å²) in [5.41, 5.74) is 0.405. The molecule has 0 aliphatic carbocycles. The Bertz CT molecular complexity index is 842. The van der Waals surface area contributed by atoms with E-state index >= 15 is 0 Å². The number of para-hydroxylation sites is 2. The van der Waals surface area contributed by atoms with Crippen LogP contribution in [-0.4, -0.2) is 22.3 Å². The summed E-state index contributed by atoms with van der Waals surface area (Å²) < 4.78 is 5.37. The number of nitro groups is 1. The molecule has 0 atom stereocenters. The average molecular weight is 385 g/mol. The largest absolute Gasteiger partial charge is 0.467 e. The molecule has 1 N–H and O–H groups in total. The Morgan fingerprint density at radius 2 is 2.00 bits per heavy atom. The number of rotatable bonds is 9. The fourth-order valence-electron chi connectivity index (χ4n) is 2.66. The van der Waals surface area contributed by atoms with Crippen LogP contribution >= 0.6 is 11.3 Å². The summed E-state index contributed by atoms with van der Waals surface area (Å²) in [4.78, 5) is 26.2. The van der Waals surface area contributed by atoms with Gasteiger partial charge in [0.15, 0.2) is 0 Å². The normalized spacial score (nSPS) is 10.5. The summed E-state index contributed by atoms with van der Waals surface area (Å²) in [5.74, 6) is 0.664. The van der Waals surface area contributed by atoms with Crippen molar-refractivity contribution in [2.45, 2.75) is 19.5 Å². The van der Waals surface area contributed by atoms with Crippen molar-refractivity contribution in [2.75, 3.05) is 11.9 Å². The number of nitrogens with one attached hydrogen (secondary N) is 1. The summed E-state index contributed by atoms with van der Waals surface area (Å²) in [6, 6.07) is 14.0. The Hall–Kier alpha value is -3.13. The van der Waals surface area contributed by atoms with Crippen LogP contribution in [0.3, 0.4) is 0 Å². The summed E-state index contributed by atoms with van der Waals surface area (Å²) in [7, 11) is 0. The highest BCUT2D eigenvalue weighted by molar-refractivity contribution is 7.09. The number of nitrogens with zero attached hydrogens (tertiary/aromatic N) is 2. The van der Waals surface area contributed by atoms with Crippen molar-refractivity contribution in [2.24, 2.45) is 0 Å². The van der Waals surface area contributed by atoms with Crippen LogP contribution in [0, 0.1) is 10.1 Å². The van der Waals surface area contributed by atoms with Gasteiger partial charge in [0, 0.05) is 23.9 Å². The number of nitro benzene ring substituents is 1. The maximum absolute atomic E-state index is 12.7. The maximum Gasteiger partial charge on any atom is 0.292 e. The molecule has 0 unspecified atom stereocenters. The number of hydrogen-bond acceptors (Lipinski definition) is 6. The molecule has 0 bridgehead atoms. The van der Waals surface area contributed by atoms with Crippen molar-refractivity contribution in [1.82, 2.24) is 4.90 Å². The Balaban J connectivity index is 1.61. The zero-order valence-electron chi connectivity index (χ0n) is 14.5. The van der Waals surface area contributed by atoms with E-state index in [1.807, 2.05) is 23.6 Å². The molecular formula is C19H19N3O4S. The van der Waals surface area contributed by atoms with Gasteiger partial charge in [-0.3, -0.25) is 14.9 Å². The molecule has 1 amide bonds. The van der Waals surface area contributed by atoms with Gasteiger partial charge in [-0.15, -0.1) is 11.3 Å². The van der Waals surface area contributed by atoms with E-state index in [-0.39, 0.29) is 18.0 Å². The predicted octanol–water partition coefficient (Wildman–Crippen LogP) is 4.28. The van der Waals surface area contributed by atoms with Crippen LogP contribution in [0.4, 0.5) is 11.4 Å². The number of hydrogen-bond donors (Lipinski definition) is 1. The minimum atomic E-state index is -0.440. The number of furan rings is 1. The van der Waals surface area contributed by atoms with Crippen LogP contribution < -0.4 is 5.32 Å². The van der Waals surface area contributed by atoms with Crippen molar-refractivity contribution in [3.05, 3.63) is 80.9 Å². The predicted molar refractivity (Wildman–Crippen MR) is 103 cm³/mol. The Kier molecular flexibility index (Phi) is 6.22. The first-order valence-corrected chi connectivity index (χ1v) is 9.31. The molecule has 0 spiro atoms. The number of carbonyl (C=O) groups is 1. The lowest BCUT2D eigenvalue weighted by molar-refractivity contribution is -0.384. The molecule has 2 aromatic heterocycles. The summed E-state index contributed by atoms with van der Waals surface area (Å²) in [6.07, 6.45) is 1.80. The highest BCUT2D eigenvalue weighted by atomic mass is 32.1. The lowest BCUT2D eigenvalue weighted by Gasteiger charge is -2.21. The van der Waals surface area contributed by atoms with Crippen LogP contribution in [0.1, 0.15) is 17.1 Å². The minimum absolute atomic E-state index is 0.00373. The molecule has 140 valence electrons. The standard InChI is InChI=1S/C19H19N3O4S/c23-19(9-10-20-17-7-1-2-8-18(17)22(24)25)21(13-15-5-3-11-26-15)14-16-6-4-12-27-16/h1-8,11-12,20H,9-10,13-14H2. The Morgan fingerprint density at radius 3 is 2.70 bits per heavy atom. The molecule has 8 heteroatoms. The molecule has 3 aromatic rings. The third-order valence-electron chi connectivity index (χ3n) is 3.96. The molecule has 3 rings (SSSR count). The van der Waals surface area contributed by atoms with Gasteiger partial charge in [-0.2, -0.15) is 0 Å². The van der Waals surface area contributed by atoms with Crippen LogP contribution in [0.5, 0.6) is 0 Å². The van der Waals surface area contributed by atoms with Crippen LogP contribution in [0.15, 0.2) is 64.6 Å². The summed E-state index contributed by atoms with van der Waals surface area (Å²) in [5, 5.41) is 16.0. The van der Waals surface area contributed by atoms with E-state index < -0.39 is 4.92 Å². The van der Waals surface area contributed by atoms with Gasteiger partial charge >= 0.3 is 0 Å². The first kappa shape index (κ1) is 18.7. The van der Waals surface area contributed by atoms with Gasteiger partial charge in [0.05, 0.1) is 24.3 Å². The van der Waals surface area contributed by atoms with E-state index in [2.05, 4.69) is 5.32 Å². The second-order valence-corrected chi connectivity index (χ2v) is 6.89. The van der Waals surface area contributed by atoms with Gasteiger partial charge in [0.1, 0.15) is 11.4 Å². The Morgan fingerprint density at radius 1 is 1.15 bits per heavy atom. The van der Waals surface area contributed by atoms with Crippen molar-refractivity contribution in [3.63, 3.8) is 0 Å². The van der Waals surface area contributed by atoms with E-state index in [4.69, 9.17) is 4.42 Å². The highest BCUT2D eigenvalue weighted by Crippen LogP contribution is 2.23. The molecule has 1 aromatic carbocycles. The molecule has 0 saturated carbocycles. The molecule has 2 heterocycles. The van der Waals surface area contributed by atoms with Gasteiger partial charge in [0.2, 0.25) is 5.91 Å². The lowest BCUT2D eigenvalue weighted by Crippen LogP contribution is -2.31. The molecular weight excluding hydrogens is 366 g/mol. The van der Waals surface area contributed by atoms with E-state index in [1.54, 1.807) is 46.8 Å². The van der Waals surface area contributed by atoms with Crippen LogP contribution in [0.25, 0.3) is 0 Å². The van der Waals surface area contributed by atoms with Crippen molar-refractivity contribution in [3.8, 4) is 0 Å². The minimum Gasteiger partial charge on any atom is -0.467 e. The van der Waals surface area contributed by atoms with Gasteiger partial charge < -0.3 is 14.6 Å². The smallest absolute Gasteiger partial charge is 0.292 e. The maximum atomic E-state index is 12.7. The first-order valence-electron chi connectivity index (χ1n) is 8.43. The zero-order chi connectivity index (χ0) is 19.1. The van der Waals surface area contributed by atoms with Crippen molar-refractivity contribution >= 4 is 28.6 Å². The van der Waals surface area contributed by atoms with Crippen molar-refractivity contribution in [1.29, 1.82) is 0 Å². The lowest BCUT2D eigenvalue weighted by atomic mass is 10.2. The quantitative estimate of drug-likeness (QED) is 0.439. The number of carbonyl (C=O) groups excluding carboxylic acids is 1. The third-order valence-corrected chi connectivity index (χ3v) is 4.82. The summed E-state index contributed by atoms with van der Waals surface area (Å²) >= 11 is 1.59. The topological polar surface area (TPSA) is 88.6 Å². The van der Waals surface area contributed by atoms with Gasteiger partial charge in [-0.05, 0) is 29.6 Å². The Labute approximate surface area is 160 Å². The molecule has 7 nitrogen and oxygen atoms in total. The SMILES string of the molecule is O=C(CCNc1ccccc1[N+](=O)[O-])N(Cc1ccco1)Cc1cccs1. The monoisotopic (exact) mass is 385 g/mol. The molecule has 0 saturated heterocycles. The van der Waals surface area contributed by atoms with E-state index in [9.17, 15) is 14.9 Å². The van der Waals surface area contributed by atoms with Gasteiger partial charge in [-0.1, -0.05) is 18.2 Å². The second kappa shape index (κ2) is 9.00. The van der Waals surface area contributed by atoms with E-state index in [1.165, 1.54) is 6.07 Å². The third kappa shape index (κ3) is 5.18. The average Bonchev–Trinajstić information content (AvgIpc) is 3.35. The highest BCUT2D eigenvalue weighted by Gasteiger charge is 2.17. The fraction of sp³-hybridized carbons (Fsp3) is 0.211. The van der Waals surface area contributed by atoms with E-state index in [0.29, 0.717) is 31.1 Å². The van der Waals surface area contributed by atoms with Gasteiger partial charge in [-0.25, -0.2) is 0 Å². The van der Waals surface area contributed by atoms with Crippen LogP contribution in [-0.2, 0) is 17.9 Å².